The van der Waals surface area contributed by atoms with Crippen LogP contribution in [0.3, 0.4) is 0 Å². The van der Waals surface area contributed by atoms with Crippen LogP contribution in [0.5, 0.6) is 0 Å². The molecule has 0 aliphatic carbocycles. The first-order valence-corrected chi connectivity index (χ1v) is 7.81. The third kappa shape index (κ3) is 2.52. The number of piperidine rings is 1. The highest BCUT2D eigenvalue weighted by molar-refractivity contribution is 7.10. The van der Waals surface area contributed by atoms with Crippen LogP contribution < -0.4 is 0 Å². The topological polar surface area (TPSA) is 20.3 Å². The quantitative estimate of drug-likeness (QED) is 0.770. The molecule has 1 aromatic heterocycles. The summed E-state index contributed by atoms with van der Waals surface area (Å²) >= 11 is 1.67. The lowest BCUT2D eigenvalue weighted by Gasteiger charge is -2.41. The van der Waals surface area contributed by atoms with Crippen molar-refractivity contribution in [3.05, 3.63) is 21.9 Å². The number of carbonyl (C=O) groups excluding carboxylic acids is 1. The molecule has 1 unspecified atom stereocenters. The number of likely N-dealkylation sites (tertiary alicyclic amines) is 1. The van der Waals surface area contributed by atoms with Crippen molar-refractivity contribution < 1.29 is 4.79 Å². The van der Waals surface area contributed by atoms with E-state index in [9.17, 15) is 4.79 Å². The van der Waals surface area contributed by atoms with Gasteiger partial charge in [0.25, 0.3) is 0 Å². The van der Waals surface area contributed by atoms with Gasteiger partial charge in [0.05, 0.1) is 5.54 Å². The average Bonchev–Trinajstić information content (AvgIpc) is 2.84. The van der Waals surface area contributed by atoms with Crippen LogP contribution in [-0.2, 0) is 0 Å². The number of carbonyl (C=O) groups is 1. The number of rotatable bonds is 4. The standard InChI is InChI=1S/C15H23NOS/c1-4-15(3,16-8-6-5-7-9-16)14(17)13-10-12(2)18-11-13/h10-11H,4-9H2,1-3H3. The van der Waals surface area contributed by atoms with E-state index in [-0.39, 0.29) is 5.54 Å². The van der Waals surface area contributed by atoms with Crippen LogP contribution in [0, 0.1) is 6.92 Å². The Morgan fingerprint density at radius 2 is 2.06 bits per heavy atom. The third-order valence-electron chi connectivity index (χ3n) is 4.22. The van der Waals surface area contributed by atoms with Crippen LogP contribution in [0.25, 0.3) is 0 Å². The van der Waals surface area contributed by atoms with Gasteiger partial charge in [-0.25, -0.2) is 0 Å². The number of hydrogen-bond donors (Lipinski definition) is 0. The monoisotopic (exact) mass is 265 g/mol. The molecule has 0 aromatic carbocycles. The maximum atomic E-state index is 12.8. The Morgan fingerprint density at radius 1 is 1.39 bits per heavy atom. The molecule has 1 atom stereocenters. The second kappa shape index (κ2) is 5.54. The van der Waals surface area contributed by atoms with Crippen LogP contribution in [0.1, 0.15) is 54.8 Å². The molecule has 1 aromatic rings. The minimum atomic E-state index is -0.312. The lowest BCUT2D eigenvalue weighted by atomic mass is 9.86. The van der Waals surface area contributed by atoms with E-state index in [2.05, 4.69) is 25.7 Å². The molecule has 0 N–H and O–H groups in total. The predicted octanol–water partition coefficient (Wildman–Crippen LogP) is 3.89. The van der Waals surface area contributed by atoms with E-state index in [1.54, 1.807) is 11.3 Å². The van der Waals surface area contributed by atoms with E-state index >= 15 is 0 Å². The zero-order chi connectivity index (χ0) is 13.2. The van der Waals surface area contributed by atoms with Gasteiger partial charge in [-0.05, 0) is 52.3 Å². The SMILES string of the molecule is CCC(C)(C(=O)c1csc(C)c1)N1CCCCC1. The Balaban J connectivity index is 2.22. The fourth-order valence-electron chi connectivity index (χ4n) is 2.79. The van der Waals surface area contributed by atoms with E-state index in [1.807, 2.05) is 11.4 Å². The lowest BCUT2D eigenvalue weighted by molar-refractivity contribution is 0.0506. The molecular formula is C15H23NOS. The summed E-state index contributed by atoms with van der Waals surface area (Å²) < 4.78 is 0. The van der Waals surface area contributed by atoms with Gasteiger partial charge in [-0.1, -0.05) is 13.3 Å². The molecule has 2 nitrogen and oxygen atoms in total. The first-order valence-electron chi connectivity index (χ1n) is 6.93. The number of aryl methyl sites for hydroxylation is 1. The zero-order valence-corrected chi connectivity index (χ0v) is 12.5. The minimum Gasteiger partial charge on any atom is -0.292 e. The van der Waals surface area contributed by atoms with Crippen LogP contribution in [0.15, 0.2) is 11.4 Å². The van der Waals surface area contributed by atoms with Gasteiger partial charge in [-0.15, -0.1) is 11.3 Å². The summed E-state index contributed by atoms with van der Waals surface area (Å²) in [6.07, 6.45) is 4.65. The second-order valence-corrected chi connectivity index (χ2v) is 6.57. The molecular weight excluding hydrogens is 242 g/mol. The molecule has 1 fully saturated rings. The van der Waals surface area contributed by atoms with Gasteiger partial charge in [0.1, 0.15) is 0 Å². The van der Waals surface area contributed by atoms with E-state index < -0.39 is 0 Å². The highest BCUT2D eigenvalue weighted by atomic mass is 32.1. The van der Waals surface area contributed by atoms with Gasteiger partial charge < -0.3 is 0 Å². The van der Waals surface area contributed by atoms with E-state index in [1.165, 1.54) is 24.1 Å². The fourth-order valence-corrected chi connectivity index (χ4v) is 3.47. The summed E-state index contributed by atoms with van der Waals surface area (Å²) in [4.78, 5) is 16.4. The van der Waals surface area contributed by atoms with Crippen molar-refractivity contribution in [2.45, 2.75) is 52.0 Å². The van der Waals surface area contributed by atoms with Crippen molar-refractivity contribution in [3.63, 3.8) is 0 Å². The third-order valence-corrected chi connectivity index (χ3v) is 5.09. The molecule has 0 spiro atoms. The molecule has 2 rings (SSSR count). The summed E-state index contributed by atoms with van der Waals surface area (Å²) in [5.74, 6) is 0.302. The number of Topliss-reactive ketones (excluding diaryl/α,β-unsaturated/α-hetero) is 1. The minimum absolute atomic E-state index is 0.302. The van der Waals surface area contributed by atoms with Crippen molar-refractivity contribution in [2.24, 2.45) is 0 Å². The molecule has 100 valence electrons. The Morgan fingerprint density at radius 3 is 2.56 bits per heavy atom. The van der Waals surface area contributed by atoms with Crippen LogP contribution in [0.4, 0.5) is 0 Å². The van der Waals surface area contributed by atoms with Crippen molar-refractivity contribution >= 4 is 17.1 Å². The van der Waals surface area contributed by atoms with Crippen molar-refractivity contribution in [3.8, 4) is 0 Å². The number of thiophene rings is 1. The molecule has 18 heavy (non-hydrogen) atoms. The van der Waals surface area contributed by atoms with Gasteiger partial charge in [0.15, 0.2) is 5.78 Å². The van der Waals surface area contributed by atoms with E-state index in [0.29, 0.717) is 5.78 Å². The average molecular weight is 265 g/mol. The zero-order valence-electron chi connectivity index (χ0n) is 11.7. The van der Waals surface area contributed by atoms with Gasteiger partial charge in [0.2, 0.25) is 0 Å². The first kappa shape index (κ1) is 13.8. The molecule has 0 saturated carbocycles. The maximum Gasteiger partial charge on any atom is 0.183 e. The second-order valence-electron chi connectivity index (χ2n) is 5.45. The van der Waals surface area contributed by atoms with Gasteiger partial charge >= 0.3 is 0 Å². The molecule has 2 heterocycles. The Bertz CT molecular complexity index is 420. The van der Waals surface area contributed by atoms with Crippen LogP contribution >= 0.6 is 11.3 Å². The van der Waals surface area contributed by atoms with E-state index in [0.717, 1.165) is 25.1 Å². The van der Waals surface area contributed by atoms with E-state index in [4.69, 9.17) is 0 Å². The Kier molecular flexibility index (Phi) is 4.23. The highest BCUT2D eigenvalue weighted by Gasteiger charge is 2.38. The van der Waals surface area contributed by atoms with Crippen molar-refractivity contribution in [1.82, 2.24) is 4.90 Å². The van der Waals surface area contributed by atoms with Crippen LogP contribution in [0.2, 0.25) is 0 Å². The fraction of sp³-hybridized carbons (Fsp3) is 0.667. The molecule has 0 amide bonds. The van der Waals surface area contributed by atoms with Crippen molar-refractivity contribution in [2.75, 3.05) is 13.1 Å². The molecule has 1 aliphatic heterocycles. The number of ketones is 1. The van der Waals surface area contributed by atoms with Crippen LogP contribution in [-0.4, -0.2) is 29.3 Å². The summed E-state index contributed by atoms with van der Waals surface area (Å²) in [5, 5.41) is 2.01. The van der Waals surface area contributed by atoms with Gasteiger partial charge in [-0.2, -0.15) is 0 Å². The molecule has 1 aliphatic rings. The largest absolute Gasteiger partial charge is 0.292 e. The number of nitrogens with zero attached hydrogens (tertiary/aromatic N) is 1. The lowest BCUT2D eigenvalue weighted by Crippen LogP contribution is -2.53. The molecule has 0 bridgehead atoms. The number of hydrogen-bond acceptors (Lipinski definition) is 3. The van der Waals surface area contributed by atoms with Gasteiger partial charge in [0, 0.05) is 15.8 Å². The summed E-state index contributed by atoms with van der Waals surface area (Å²) in [6.45, 7) is 8.45. The van der Waals surface area contributed by atoms with Gasteiger partial charge in [-0.3, -0.25) is 9.69 Å². The first-order chi connectivity index (χ1) is 8.58. The highest BCUT2D eigenvalue weighted by Crippen LogP contribution is 2.29. The Labute approximate surface area is 114 Å². The maximum absolute atomic E-state index is 12.8. The van der Waals surface area contributed by atoms with Crippen molar-refractivity contribution in [1.29, 1.82) is 0 Å². The summed E-state index contributed by atoms with van der Waals surface area (Å²) in [6, 6.07) is 2.03. The molecule has 1 saturated heterocycles. The molecule has 0 radical (unpaired) electrons. The predicted molar refractivity (Wildman–Crippen MR) is 77.5 cm³/mol. The molecule has 3 heteroatoms. The Hall–Kier alpha value is -0.670. The normalized spacial score (nSPS) is 20.6. The summed E-state index contributed by atoms with van der Waals surface area (Å²) in [7, 11) is 0. The summed E-state index contributed by atoms with van der Waals surface area (Å²) in [5.41, 5.74) is 0.584. The smallest absolute Gasteiger partial charge is 0.183 e.